The smallest absolute Gasteiger partial charge is 0.224 e. The number of anilines is 1. The number of nitrogens with one attached hydrogen (secondary N) is 1. The van der Waals surface area contributed by atoms with Crippen LogP contribution in [0.15, 0.2) is 42.5 Å². The summed E-state index contributed by atoms with van der Waals surface area (Å²) in [7, 11) is 0. The molecule has 1 N–H and O–H groups in total. The molecular formula is C18H20ClNO2. The Bertz CT molecular complexity index is 618. The van der Waals surface area contributed by atoms with Crippen LogP contribution in [0.25, 0.3) is 0 Å². The van der Waals surface area contributed by atoms with Gasteiger partial charge >= 0.3 is 0 Å². The van der Waals surface area contributed by atoms with Crippen LogP contribution in [0, 0.1) is 13.8 Å². The first-order valence-corrected chi connectivity index (χ1v) is 7.68. The molecule has 0 aromatic heterocycles. The van der Waals surface area contributed by atoms with Crippen LogP contribution in [0.4, 0.5) is 5.69 Å². The quantitative estimate of drug-likeness (QED) is 0.780. The van der Waals surface area contributed by atoms with Crippen molar-refractivity contribution in [2.24, 2.45) is 0 Å². The van der Waals surface area contributed by atoms with E-state index in [-0.39, 0.29) is 5.91 Å². The molecular weight excluding hydrogens is 298 g/mol. The van der Waals surface area contributed by atoms with Crippen molar-refractivity contribution in [2.45, 2.75) is 26.7 Å². The van der Waals surface area contributed by atoms with Gasteiger partial charge in [-0.25, -0.2) is 0 Å². The minimum Gasteiger partial charge on any atom is -0.494 e. The van der Waals surface area contributed by atoms with Crippen molar-refractivity contribution in [1.29, 1.82) is 0 Å². The molecule has 0 bridgehead atoms. The Morgan fingerprint density at radius 3 is 2.36 bits per heavy atom. The number of halogens is 1. The molecule has 0 atom stereocenters. The monoisotopic (exact) mass is 317 g/mol. The number of benzene rings is 2. The average Bonchev–Trinajstić information content (AvgIpc) is 2.49. The number of carbonyl (C=O) groups excluding carboxylic acids is 1. The summed E-state index contributed by atoms with van der Waals surface area (Å²) in [5.41, 5.74) is 3.06. The van der Waals surface area contributed by atoms with Gasteiger partial charge in [0.1, 0.15) is 5.75 Å². The molecule has 1 amide bonds. The van der Waals surface area contributed by atoms with E-state index in [9.17, 15) is 4.79 Å². The van der Waals surface area contributed by atoms with Crippen molar-refractivity contribution in [3.8, 4) is 5.75 Å². The first-order chi connectivity index (χ1) is 10.6. The van der Waals surface area contributed by atoms with Crippen molar-refractivity contribution in [1.82, 2.24) is 0 Å². The molecule has 0 saturated carbocycles. The molecule has 0 fully saturated rings. The summed E-state index contributed by atoms with van der Waals surface area (Å²) in [5.74, 6) is 0.775. The van der Waals surface area contributed by atoms with Crippen LogP contribution in [-0.4, -0.2) is 12.5 Å². The SMILES string of the molecule is Cc1cccc(C)c1NC(=O)CCCOc1ccc(Cl)cc1. The Labute approximate surface area is 136 Å². The molecule has 2 aromatic rings. The van der Waals surface area contributed by atoms with Gasteiger partial charge in [-0.15, -0.1) is 0 Å². The summed E-state index contributed by atoms with van der Waals surface area (Å²) in [6.45, 7) is 4.49. The minimum absolute atomic E-state index is 0.0112. The third-order valence-electron chi connectivity index (χ3n) is 3.38. The van der Waals surface area contributed by atoms with Crippen molar-refractivity contribution in [3.63, 3.8) is 0 Å². The summed E-state index contributed by atoms with van der Waals surface area (Å²) in [6.07, 6.45) is 1.10. The molecule has 4 heteroatoms. The van der Waals surface area contributed by atoms with Crippen molar-refractivity contribution in [2.75, 3.05) is 11.9 Å². The third-order valence-corrected chi connectivity index (χ3v) is 3.63. The summed E-state index contributed by atoms with van der Waals surface area (Å²) < 4.78 is 5.57. The fourth-order valence-electron chi connectivity index (χ4n) is 2.17. The van der Waals surface area contributed by atoms with E-state index in [0.29, 0.717) is 24.5 Å². The summed E-state index contributed by atoms with van der Waals surface area (Å²) in [6, 6.07) is 13.2. The second-order valence-corrected chi connectivity index (χ2v) is 5.66. The summed E-state index contributed by atoms with van der Waals surface area (Å²) in [4.78, 5) is 12.0. The van der Waals surface area contributed by atoms with Crippen LogP contribution in [0.5, 0.6) is 5.75 Å². The number of aryl methyl sites for hydroxylation is 2. The molecule has 0 radical (unpaired) electrons. The van der Waals surface area contributed by atoms with Crippen LogP contribution in [-0.2, 0) is 4.79 Å². The Morgan fingerprint density at radius 2 is 1.73 bits per heavy atom. The first-order valence-electron chi connectivity index (χ1n) is 7.30. The molecule has 2 rings (SSSR count). The van der Waals surface area contributed by atoms with Crippen LogP contribution in [0.2, 0.25) is 5.02 Å². The van der Waals surface area contributed by atoms with Crippen LogP contribution >= 0.6 is 11.6 Å². The molecule has 0 spiro atoms. The van der Waals surface area contributed by atoms with E-state index in [1.807, 2.05) is 44.2 Å². The van der Waals surface area contributed by atoms with Gasteiger partial charge in [0.25, 0.3) is 0 Å². The van der Waals surface area contributed by atoms with E-state index in [1.54, 1.807) is 12.1 Å². The largest absolute Gasteiger partial charge is 0.494 e. The fraction of sp³-hybridized carbons (Fsp3) is 0.278. The highest BCUT2D eigenvalue weighted by Gasteiger charge is 2.07. The average molecular weight is 318 g/mol. The Balaban J connectivity index is 1.75. The van der Waals surface area contributed by atoms with Crippen molar-refractivity contribution < 1.29 is 9.53 Å². The number of hydrogen-bond acceptors (Lipinski definition) is 2. The van der Waals surface area contributed by atoms with E-state index in [2.05, 4.69) is 5.32 Å². The molecule has 22 heavy (non-hydrogen) atoms. The lowest BCUT2D eigenvalue weighted by molar-refractivity contribution is -0.116. The van der Waals surface area contributed by atoms with E-state index in [4.69, 9.17) is 16.3 Å². The minimum atomic E-state index is 0.0112. The molecule has 0 saturated heterocycles. The highest BCUT2D eigenvalue weighted by molar-refractivity contribution is 6.30. The van der Waals surface area contributed by atoms with Gasteiger partial charge in [0.15, 0.2) is 0 Å². The summed E-state index contributed by atoms with van der Waals surface area (Å²) in [5, 5.41) is 3.65. The highest BCUT2D eigenvalue weighted by Crippen LogP contribution is 2.20. The maximum Gasteiger partial charge on any atom is 0.224 e. The molecule has 116 valence electrons. The zero-order valence-corrected chi connectivity index (χ0v) is 13.6. The predicted octanol–water partition coefficient (Wildman–Crippen LogP) is 4.75. The van der Waals surface area contributed by atoms with E-state index in [0.717, 1.165) is 22.6 Å². The number of carbonyl (C=O) groups is 1. The molecule has 3 nitrogen and oxygen atoms in total. The van der Waals surface area contributed by atoms with Gasteiger partial charge < -0.3 is 10.1 Å². The Hall–Kier alpha value is -2.00. The molecule has 0 heterocycles. The zero-order chi connectivity index (χ0) is 15.9. The highest BCUT2D eigenvalue weighted by atomic mass is 35.5. The normalized spacial score (nSPS) is 10.3. The topological polar surface area (TPSA) is 38.3 Å². The Kier molecular flexibility index (Phi) is 5.84. The van der Waals surface area contributed by atoms with Gasteiger partial charge in [-0.2, -0.15) is 0 Å². The molecule has 0 aliphatic rings. The molecule has 0 unspecified atom stereocenters. The van der Waals surface area contributed by atoms with Crippen LogP contribution < -0.4 is 10.1 Å². The van der Waals surface area contributed by atoms with Gasteiger partial charge in [0, 0.05) is 17.1 Å². The van der Waals surface area contributed by atoms with Crippen molar-refractivity contribution >= 4 is 23.2 Å². The van der Waals surface area contributed by atoms with E-state index in [1.165, 1.54) is 0 Å². The lowest BCUT2D eigenvalue weighted by Crippen LogP contribution is -2.14. The maximum atomic E-state index is 12.0. The van der Waals surface area contributed by atoms with Gasteiger partial charge in [0.2, 0.25) is 5.91 Å². The lowest BCUT2D eigenvalue weighted by atomic mass is 10.1. The van der Waals surface area contributed by atoms with Crippen LogP contribution in [0.3, 0.4) is 0 Å². The molecule has 0 aliphatic carbocycles. The third kappa shape index (κ3) is 4.78. The second-order valence-electron chi connectivity index (χ2n) is 5.22. The maximum absolute atomic E-state index is 12.0. The summed E-state index contributed by atoms with van der Waals surface area (Å²) >= 11 is 5.81. The van der Waals surface area contributed by atoms with Crippen LogP contribution in [0.1, 0.15) is 24.0 Å². The number of ether oxygens (including phenoxy) is 1. The molecule has 0 aliphatic heterocycles. The Morgan fingerprint density at radius 1 is 1.09 bits per heavy atom. The van der Waals surface area contributed by atoms with Gasteiger partial charge in [0.05, 0.1) is 6.61 Å². The number of amides is 1. The second kappa shape index (κ2) is 7.85. The predicted molar refractivity (Wildman–Crippen MR) is 90.7 cm³/mol. The van der Waals surface area contributed by atoms with E-state index < -0.39 is 0 Å². The zero-order valence-electron chi connectivity index (χ0n) is 12.9. The van der Waals surface area contributed by atoms with Gasteiger partial charge in [-0.1, -0.05) is 29.8 Å². The molecule has 2 aromatic carbocycles. The lowest BCUT2D eigenvalue weighted by Gasteiger charge is -2.11. The standard InChI is InChI=1S/C18H20ClNO2/c1-13-5-3-6-14(2)18(13)20-17(21)7-4-12-22-16-10-8-15(19)9-11-16/h3,5-6,8-11H,4,7,12H2,1-2H3,(H,20,21). The van der Waals surface area contributed by atoms with Crippen molar-refractivity contribution in [3.05, 3.63) is 58.6 Å². The van der Waals surface area contributed by atoms with E-state index >= 15 is 0 Å². The van der Waals surface area contributed by atoms with Gasteiger partial charge in [-0.3, -0.25) is 4.79 Å². The number of para-hydroxylation sites is 1. The fourth-order valence-corrected chi connectivity index (χ4v) is 2.29. The first kappa shape index (κ1) is 16.4. The number of rotatable bonds is 6. The van der Waals surface area contributed by atoms with Gasteiger partial charge in [-0.05, 0) is 55.7 Å². The number of hydrogen-bond donors (Lipinski definition) is 1.